The second-order valence-electron chi connectivity index (χ2n) is 9.02. The van der Waals surface area contributed by atoms with E-state index in [2.05, 4.69) is 15.1 Å². The first-order chi connectivity index (χ1) is 17.5. The fourth-order valence-electron chi connectivity index (χ4n) is 4.41. The third-order valence-corrected chi connectivity index (χ3v) is 6.96. The second kappa shape index (κ2) is 10.5. The number of rotatable bonds is 7. The summed E-state index contributed by atoms with van der Waals surface area (Å²) in [7, 11) is 1.57. The van der Waals surface area contributed by atoms with Gasteiger partial charge in [-0.3, -0.25) is 9.59 Å². The number of amides is 2. The Morgan fingerprint density at radius 2 is 1.78 bits per heavy atom. The molecule has 1 saturated carbocycles. The summed E-state index contributed by atoms with van der Waals surface area (Å²) in [4.78, 5) is 32.0. The average molecular weight is 506 g/mol. The SMILES string of the molecule is COc1cccc(C(=O)N(CC(=O)N2CCN(c3ccc(-c4ccccc4Cl)nn3)CC2)C2CC2)c1. The van der Waals surface area contributed by atoms with Crippen LogP contribution < -0.4 is 9.64 Å². The minimum Gasteiger partial charge on any atom is -0.497 e. The number of methoxy groups -OCH3 is 1. The van der Waals surface area contributed by atoms with Crippen molar-refractivity contribution in [3.05, 3.63) is 71.2 Å². The van der Waals surface area contributed by atoms with Crippen molar-refractivity contribution in [2.45, 2.75) is 18.9 Å². The molecule has 1 saturated heterocycles. The van der Waals surface area contributed by atoms with Gasteiger partial charge in [0.15, 0.2) is 5.82 Å². The van der Waals surface area contributed by atoms with E-state index >= 15 is 0 Å². The van der Waals surface area contributed by atoms with E-state index in [-0.39, 0.29) is 24.4 Å². The molecule has 3 aromatic rings. The first kappa shape index (κ1) is 24.1. The van der Waals surface area contributed by atoms with Gasteiger partial charge in [-0.1, -0.05) is 35.9 Å². The Kier molecular flexibility index (Phi) is 7.04. The van der Waals surface area contributed by atoms with E-state index in [1.54, 1.807) is 36.3 Å². The van der Waals surface area contributed by atoms with Gasteiger partial charge in [-0.05, 0) is 49.2 Å². The lowest BCUT2D eigenvalue weighted by Crippen LogP contribution is -2.52. The van der Waals surface area contributed by atoms with E-state index in [4.69, 9.17) is 16.3 Å². The van der Waals surface area contributed by atoms with Crippen LogP contribution in [0.3, 0.4) is 0 Å². The highest BCUT2D eigenvalue weighted by Gasteiger charge is 2.36. The number of carbonyl (C=O) groups is 2. The minimum atomic E-state index is -0.128. The summed E-state index contributed by atoms with van der Waals surface area (Å²) in [6.07, 6.45) is 1.86. The molecular formula is C27H28ClN5O3. The highest BCUT2D eigenvalue weighted by molar-refractivity contribution is 6.33. The molecule has 2 aromatic carbocycles. The molecule has 0 spiro atoms. The number of carbonyl (C=O) groups excluding carboxylic acids is 2. The van der Waals surface area contributed by atoms with Crippen LogP contribution in [0.4, 0.5) is 5.82 Å². The predicted octanol–water partition coefficient (Wildman–Crippen LogP) is 3.76. The highest BCUT2D eigenvalue weighted by atomic mass is 35.5. The van der Waals surface area contributed by atoms with Gasteiger partial charge < -0.3 is 19.4 Å². The lowest BCUT2D eigenvalue weighted by atomic mass is 10.1. The van der Waals surface area contributed by atoms with Crippen molar-refractivity contribution in [3.8, 4) is 17.0 Å². The molecule has 2 fully saturated rings. The Morgan fingerprint density at radius 3 is 2.44 bits per heavy atom. The fraction of sp³-hybridized carbons (Fsp3) is 0.333. The lowest BCUT2D eigenvalue weighted by molar-refractivity contribution is -0.132. The van der Waals surface area contributed by atoms with Gasteiger partial charge in [0, 0.05) is 43.3 Å². The molecule has 5 rings (SSSR count). The Morgan fingerprint density at radius 1 is 1.00 bits per heavy atom. The van der Waals surface area contributed by atoms with Crippen LogP contribution in [-0.2, 0) is 4.79 Å². The Hall–Kier alpha value is -3.65. The highest BCUT2D eigenvalue weighted by Crippen LogP contribution is 2.29. The predicted molar refractivity (Wildman–Crippen MR) is 138 cm³/mol. The van der Waals surface area contributed by atoms with Gasteiger partial charge in [-0.2, -0.15) is 0 Å². The molecular weight excluding hydrogens is 478 g/mol. The number of piperazine rings is 1. The third kappa shape index (κ3) is 5.28. The Labute approximate surface area is 215 Å². The Bertz CT molecular complexity index is 1240. The van der Waals surface area contributed by atoms with Gasteiger partial charge in [0.25, 0.3) is 5.91 Å². The number of aromatic nitrogens is 2. The van der Waals surface area contributed by atoms with E-state index in [0.29, 0.717) is 42.5 Å². The largest absolute Gasteiger partial charge is 0.497 e. The van der Waals surface area contributed by atoms with Crippen molar-refractivity contribution in [2.24, 2.45) is 0 Å². The summed E-state index contributed by atoms with van der Waals surface area (Å²) in [6.45, 7) is 2.53. The molecule has 2 amide bonds. The number of anilines is 1. The summed E-state index contributed by atoms with van der Waals surface area (Å²) in [5.74, 6) is 1.24. The molecule has 1 aliphatic carbocycles. The summed E-state index contributed by atoms with van der Waals surface area (Å²) in [5.41, 5.74) is 2.11. The van der Waals surface area contributed by atoms with Gasteiger partial charge >= 0.3 is 0 Å². The first-order valence-corrected chi connectivity index (χ1v) is 12.5. The van der Waals surface area contributed by atoms with Crippen LogP contribution in [0.15, 0.2) is 60.7 Å². The van der Waals surface area contributed by atoms with Crippen LogP contribution in [0.5, 0.6) is 5.75 Å². The Balaban J connectivity index is 1.19. The van der Waals surface area contributed by atoms with Gasteiger partial charge in [0.1, 0.15) is 12.3 Å². The standard InChI is InChI=1S/C27H28ClN5O3/c1-36-21-6-4-5-19(17-21)27(35)33(20-9-10-20)18-26(34)32-15-13-31(14-16-32)25-12-11-24(29-30-25)22-7-2-3-8-23(22)28/h2-8,11-12,17,20H,9-10,13-16,18H2,1H3. The maximum absolute atomic E-state index is 13.2. The van der Waals surface area contributed by atoms with Crippen molar-refractivity contribution in [1.29, 1.82) is 0 Å². The van der Waals surface area contributed by atoms with Crippen LogP contribution in [0.25, 0.3) is 11.3 Å². The van der Waals surface area contributed by atoms with Crippen molar-refractivity contribution >= 4 is 29.2 Å². The minimum absolute atomic E-state index is 0.0297. The number of hydrogen-bond acceptors (Lipinski definition) is 6. The summed E-state index contributed by atoms with van der Waals surface area (Å²) in [6, 6.07) is 18.6. The first-order valence-electron chi connectivity index (χ1n) is 12.1. The maximum atomic E-state index is 13.2. The van der Waals surface area contributed by atoms with Crippen molar-refractivity contribution < 1.29 is 14.3 Å². The van der Waals surface area contributed by atoms with Crippen molar-refractivity contribution in [2.75, 3.05) is 44.7 Å². The quantitative estimate of drug-likeness (QED) is 0.486. The molecule has 1 aromatic heterocycles. The average Bonchev–Trinajstić information content (AvgIpc) is 3.77. The van der Waals surface area contributed by atoms with E-state index < -0.39 is 0 Å². The number of hydrogen-bond donors (Lipinski definition) is 0. The topological polar surface area (TPSA) is 78.9 Å². The van der Waals surface area contributed by atoms with Gasteiger partial charge in [-0.15, -0.1) is 10.2 Å². The fourth-order valence-corrected chi connectivity index (χ4v) is 4.64. The van der Waals surface area contributed by atoms with Crippen LogP contribution in [0.1, 0.15) is 23.2 Å². The van der Waals surface area contributed by atoms with Crippen molar-refractivity contribution in [1.82, 2.24) is 20.0 Å². The van der Waals surface area contributed by atoms with E-state index in [1.807, 2.05) is 41.3 Å². The molecule has 0 unspecified atom stereocenters. The maximum Gasteiger partial charge on any atom is 0.254 e. The van der Waals surface area contributed by atoms with Crippen LogP contribution in [0, 0.1) is 0 Å². The molecule has 9 heteroatoms. The van der Waals surface area contributed by atoms with Crippen LogP contribution in [0.2, 0.25) is 5.02 Å². The number of halogens is 1. The van der Waals surface area contributed by atoms with Crippen LogP contribution in [-0.4, -0.2) is 77.7 Å². The zero-order chi connectivity index (χ0) is 25.1. The summed E-state index contributed by atoms with van der Waals surface area (Å²) in [5, 5.41) is 9.38. The van der Waals surface area contributed by atoms with E-state index in [1.165, 1.54) is 0 Å². The zero-order valence-electron chi connectivity index (χ0n) is 20.1. The molecule has 8 nitrogen and oxygen atoms in total. The smallest absolute Gasteiger partial charge is 0.254 e. The number of nitrogens with zero attached hydrogens (tertiary/aromatic N) is 5. The monoisotopic (exact) mass is 505 g/mol. The van der Waals surface area contributed by atoms with Crippen molar-refractivity contribution in [3.63, 3.8) is 0 Å². The zero-order valence-corrected chi connectivity index (χ0v) is 20.9. The second-order valence-corrected chi connectivity index (χ2v) is 9.43. The molecule has 36 heavy (non-hydrogen) atoms. The number of ether oxygens (including phenoxy) is 1. The summed E-state index contributed by atoms with van der Waals surface area (Å²) < 4.78 is 5.25. The molecule has 0 radical (unpaired) electrons. The molecule has 0 N–H and O–H groups in total. The lowest BCUT2D eigenvalue weighted by Gasteiger charge is -2.36. The molecule has 0 atom stereocenters. The van der Waals surface area contributed by atoms with Crippen LogP contribution >= 0.6 is 11.6 Å². The van der Waals surface area contributed by atoms with E-state index in [9.17, 15) is 9.59 Å². The molecule has 2 aliphatic rings. The third-order valence-electron chi connectivity index (χ3n) is 6.63. The number of benzene rings is 2. The normalized spacial score (nSPS) is 15.5. The molecule has 1 aliphatic heterocycles. The van der Waals surface area contributed by atoms with E-state index in [0.717, 1.165) is 29.9 Å². The van der Waals surface area contributed by atoms with Gasteiger partial charge in [0.2, 0.25) is 5.91 Å². The van der Waals surface area contributed by atoms with Gasteiger partial charge in [0.05, 0.1) is 17.8 Å². The molecule has 186 valence electrons. The summed E-state index contributed by atoms with van der Waals surface area (Å²) >= 11 is 6.27. The van der Waals surface area contributed by atoms with Gasteiger partial charge in [-0.25, -0.2) is 0 Å². The molecule has 2 heterocycles. The molecule has 0 bridgehead atoms.